The van der Waals surface area contributed by atoms with E-state index in [0.717, 1.165) is 23.8 Å². The average molecular weight is 265 g/mol. The molecule has 0 spiro atoms. The van der Waals surface area contributed by atoms with E-state index in [9.17, 15) is 0 Å². The lowest BCUT2D eigenvalue weighted by molar-refractivity contribution is 0.185. The van der Waals surface area contributed by atoms with Crippen molar-refractivity contribution in [2.24, 2.45) is 11.8 Å². The molecule has 0 amide bonds. The van der Waals surface area contributed by atoms with Crippen LogP contribution in [0.4, 0.5) is 0 Å². The molecule has 2 bridgehead atoms. The van der Waals surface area contributed by atoms with Crippen LogP contribution in [0.5, 0.6) is 0 Å². The molecule has 0 radical (unpaired) electrons. The maximum atomic E-state index is 2.48. The molecule has 4 unspecified atom stereocenters. The summed E-state index contributed by atoms with van der Waals surface area (Å²) in [5.74, 6) is 2.58. The molecule has 0 aliphatic heterocycles. The van der Waals surface area contributed by atoms with Crippen LogP contribution in [0.2, 0.25) is 0 Å². The number of hydrogen-bond acceptors (Lipinski definition) is 1. The third-order valence-corrected chi connectivity index (χ3v) is 5.63. The lowest BCUT2D eigenvalue weighted by atomic mass is 9.79. The van der Waals surface area contributed by atoms with Gasteiger partial charge in [0.15, 0.2) is 0 Å². The summed E-state index contributed by atoms with van der Waals surface area (Å²) >= 11 is 0. The van der Waals surface area contributed by atoms with Gasteiger partial charge >= 0.3 is 0 Å². The Morgan fingerprint density at radius 2 is 1.65 bits per heavy atom. The fourth-order valence-corrected chi connectivity index (χ4v) is 4.89. The molecule has 2 aromatic carbocycles. The summed E-state index contributed by atoms with van der Waals surface area (Å²) in [5.41, 5.74) is 1.56. The van der Waals surface area contributed by atoms with Crippen LogP contribution < -0.4 is 0 Å². The van der Waals surface area contributed by atoms with Gasteiger partial charge < -0.3 is 4.90 Å². The van der Waals surface area contributed by atoms with Crippen molar-refractivity contribution in [2.75, 3.05) is 14.1 Å². The van der Waals surface area contributed by atoms with Crippen molar-refractivity contribution < 1.29 is 0 Å². The molecular formula is C19H23N. The van der Waals surface area contributed by atoms with Crippen molar-refractivity contribution in [3.63, 3.8) is 0 Å². The van der Waals surface area contributed by atoms with Crippen LogP contribution in [0, 0.1) is 11.8 Å². The van der Waals surface area contributed by atoms with Crippen LogP contribution in [0.15, 0.2) is 42.5 Å². The first-order valence-electron chi connectivity index (χ1n) is 7.89. The predicted molar refractivity (Wildman–Crippen MR) is 85.0 cm³/mol. The molecule has 2 aromatic rings. The highest BCUT2D eigenvalue weighted by molar-refractivity contribution is 5.83. The van der Waals surface area contributed by atoms with Gasteiger partial charge in [0.25, 0.3) is 0 Å². The molecule has 104 valence electrons. The summed E-state index contributed by atoms with van der Waals surface area (Å²) in [7, 11) is 4.53. The van der Waals surface area contributed by atoms with E-state index in [4.69, 9.17) is 0 Å². The second-order valence-corrected chi connectivity index (χ2v) is 6.92. The molecule has 4 atom stereocenters. The van der Waals surface area contributed by atoms with Gasteiger partial charge in [-0.3, -0.25) is 0 Å². The summed E-state index contributed by atoms with van der Waals surface area (Å²) in [6.45, 7) is 0. The minimum Gasteiger partial charge on any atom is -0.306 e. The van der Waals surface area contributed by atoms with Crippen LogP contribution >= 0.6 is 0 Å². The van der Waals surface area contributed by atoms with E-state index in [2.05, 4.69) is 61.5 Å². The number of fused-ring (bicyclic) bond motifs is 3. The number of rotatable bonds is 2. The number of likely N-dealkylation sites (N-methyl/N-ethyl adjacent to an activating group) is 1. The van der Waals surface area contributed by atoms with E-state index in [1.807, 2.05) is 0 Å². The summed E-state index contributed by atoms with van der Waals surface area (Å²) < 4.78 is 0. The van der Waals surface area contributed by atoms with Crippen LogP contribution in [0.1, 0.15) is 30.7 Å². The third-order valence-electron chi connectivity index (χ3n) is 5.63. The topological polar surface area (TPSA) is 3.24 Å². The van der Waals surface area contributed by atoms with E-state index in [1.54, 1.807) is 5.56 Å². The molecule has 0 heterocycles. The molecule has 2 fully saturated rings. The standard InChI is InChI=1S/C19H23N/c1-20(2)19-17-10-9-16(12-17)18(19)15-8-7-13-5-3-4-6-14(13)11-15/h3-8,11,16-19H,9-10,12H2,1-2H3. The molecule has 0 saturated heterocycles. The zero-order valence-corrected chi connectivity index (χ0v) is 12.4. The first-order chi connectivity index (χ1) is 9.74. The van der Waals surface area contributed by atoms with Crippen molar-refractivity contribution >= 4 is 10.8 Å². The SMILES string of the molecule is CN(C)C1C2CCC(C2)C1c1ccc2ccccc2c1. The number of hydrogen-bond donors (Lipinski definition) is 0. The molecule has 2 aliphatic carbocycles. The van der Waals surface area contributed by atoms with Gasteiger partial charge in [0.05, 0.1) is 0 Å². The first-order valence-corrected chi connectivity index (χ1v) is 7.89. The normalized spacial score (nSPS) is 32.4. The van der Waals surface area contributed by atoms with Crippen molar-refractivity contribution in [2.45, 2.75) is 31.2 Å². The van der Waals surface area contributed by atoms with Gasteiger partial charge in [-0.15, -0.1) is 0 Å². The first kappa shape index (κ1) is 12.4. The maximum Gasteiger partial charge on any atom is 0.0189 e. The minimum atomic E-state index is 0.744. The van der Waals surface area contributed by atoms with Crippen LogP contribution in [0.3, 0.4) is 0 Å². The lowest BCUT2D eigenvalue weighted by Gasteiger charge is -2.36. The molecule has 2 aliphatic rings. The minimum absolute atomic E-state index is 0.744. The molecule has 1 nitrogen and oxygen atoms in total. The maximum absolute atomic E-state index is 2.48. The van der Waals surface area contributed by atoms with Gasteiger partial charge in [-0.25, -0.2) is 0 Å². The Bertz CT molecular complexity index is 630. The van der Waals surface area contributed by atoms with Gasteiger partial charge in [0.2, 0.25) is 0 Å². The number of nitrogens with zero attached hydrogens (tertiary/aromatic N) is 1. The summed E-state index contributed by atoms with van der Waals surface area (Å²) in [6, 6.07) is 16.6. The van der Waals surface area contributed by atoms with Gasteiger partial charge in [-0.05, 0) is 61.5 Å². The lowest BCUT2D eigenvalue weighted by Crippen LogP contribution is -2.38. The summed E-state index contributed by atoms with van der Waals surface area (Å²) in [4.78, 5) is 2.48. The molecular weight excluding hydrogens is 242 g/mol. The summed E-state index contributed by atoms with van der Waals surface area (Å²) in [6.07, 6.45) is 4.32. The average Bonchev–Trinajstić information content (AvgIpc) is 3.07. The van der Waals surface area contributed by atoms with Crippen LogP contribution in [0.25, 0.3) is 10.8 Å². The quantitative estimate of drug-likeness (QED) is 0.783. The predicted octanol–water partition coefficient (Wildman–Crippen LogP) is 4.28. The van der Waals surface area contributed by atoms with Gasteiger partial charge in [-0.1, -0.05) is 42.5 Å². The molecule has 4 rings (SSSR count). The largest absolute Gasteiger partial charge is 0.306 e. The van der Waals surface area contributed by atoms with E-state index < -0.39 is 0 Å². The van der Waals surface area contributed by atoms with E-state index in [-0.39, 0.29) is 0 Å². The molecule has 0 N–H and O–H groups in total. The van der Waals surface area contributed by atoms with Crippen molar-refractivity contribution in [1.82, 2.24) is 4.90 Å². The van der Waals surface area contributed by atoms with E-state index in [0.29, 0.717) is 0 Å². The fourth-order valence-electron chi connectivity index (χ4n) is 4.89. The van der Waals surface area contributed by atoms with E-state index in [1.165, 1.54) is 30.0 Å². The molecule has 1 heteroatoms. The summed E-state index contributed by atoms with van der Waals surface area (Å²) in [5, 5.41) is 2.76. The smallest absolute Gasteiger partial charge is 0.0189 e. The van der Waals surface area contributed by atoms with Gasteiger partial charge in [0.1, 0.15) is 0 Å². The highest BCUT2D eigenvalue weighted by atomic mass is 15.1. The van der Waals surface area contributed by atoms with Crippen molar-refractivity contribution in [3.05, 3.63) is 48.0 Å². The molecule has 2 saturated carbocycles. The van der Waals surface area contributed by atoms with Crippen LogP contribution in [-0.2, 0) is 0 Å². The van der Waals surface area contributed by atoms with Crippen LogP contribution in [-0.4, -0.2) is 25.0 Å². The monoisotopic (exact) mass is 265 g/mol. The Balaban J connectivity index is 1.77. The van der Waals surface area contributed by atoms with Gasteiger partial charge in [0, 0.05) is 12.0 Å². The highest BCUT2D eigenvalue weighted by Crippen LogP contribution is 2.54. The Morgan fingerprint density at radius 3 is 2.45 bits per heavy atom. The Labute approximate surface area is 121 Å². The number of benzene rings is 2. The highest BCUT2D eigenvalue weighted by Gasteiger charge is 2.48. The third kappa shape index (κ3) is 1.80. The second kappa shape index (κ2) is 4.60. The fraction of sp³-hybridized carbons (Fsp3) is 0.474. The Kier molecular flexibility index (Phi) is 2.85. The zero-order chi connectivity index (χ0) is 13.7. The molecule has 20 heavy (non-hydrogen) atoms. The van der Waals surface area contributed by atoms with Gasteiger partial charge in [-0.2, -0.15) is 0 Å². The zero-order valence-electron chi connectivity index (χ0n) is 12.4. The Hall–Kier alpha value is -1.34. The van der Waals surface area contributed by atoms with Crippen molar-refractivity contribution in [1.29, 1.82) is 0 Å². The van der Waals surface area contributed by atoms with Crippen molar-refractivity contribution in [3.8, 4) is 0 Å². The van der Waals surface area contributed by atoms with E-state index >= 15 is 0 Å². The second-order valence-electron chi connectivity index (χ2n) is 6.92. The Morgan fingerprint density at radius 1 is 0.900 bits per heavy atom. The molecule has 0 aromatic heterocycles.